The Kier molecular flexibility index (Phi) is 2.70. The maximum atomic E-state index is 12.5. The third-order valence-electron chi connectivity index (χ3n) is 3.90. The molecule has 0 bridgehead atoms. The molecule has 1 aromatic carbocycles. The van der Waals surface area contributed by atoms with E-state index in [1.165, 1.54) is 0 Å². The van der Waals surface area contributed by atoms with Gasteiger partial charge in [-0.05, 0) is 30.3 Å². The number of carbonyl (C=O) groups excluding carboxylic acids is 1. The first-order valence-electron chi connectivity index (χ1n) is 6.94. The van der Waals surface area contributed by atoms with E-state index in [0.29, 0.717) is 19.1 Å². The number of rotatable bonds is 2. The summed E-state index contributed by atoms with van der Waals surface area (Å²) in [4.78, 5) is 18.6. The maximum absolute atomic E-state index is 12.5. The summed E-state index contributed by atoms with van der Waals surface area (Å²) in [7, 11) is 0. The summed E-state index contributed by atoms with van der Waals surface area (Å²) in [5.74, 6) is 0.0733. The van der Waals surface area contributed by atoms with Gasteiger partial charge in [0.15, 0.2) is 0 Å². The van der Waals surface area contributed by atoms with Crippen LogP contribution in [0.2, 0.25) is 0 Å². The van der Waals surface area contributed by atoms with E-state index in [9.17, 15) is 4.79 Å². The highest BCUT2D eigenvalue weighted by Gasteiger charge is 2.32. The van der Waals surface area contributed by atoms with Crippen LogP contribution in [0, 0.1) is 0 Å². The predicted octanol–water partition coefficient (Wildman–Crippen LogP) is 2.13. The molecule has 104 valence electrons. The summed E-state index contributed by atoms with van der Waals surface area (Å²) in [6, 6.07) is 11.7. The van der Waals surface area contributed by atoms with Gasteiger partial charge in [-0.1, -0.05) is 6.07 Å². The Morgan fingerprint density at radius 1 is 1.14 bits per heavy atom. The smallest absolute Gasteiger partial charge is 0.254 e. The van der Waals surface area contributed by atoms with Crippen LogP contribution in [0.25, 0.3) is 10.9 Å². The van der Waals surface area contributed by atoms with E-state index in [0.717, 1.165) is 16.5 Å². The van der Waals surface area contributed by atoms with E-state index in [1.54, 1.807) is 12.4 Å². The SMILES string of the molecule is O=C(c1ccc2ncccc2c1)N1CC(n2cccn2)C1. The lowest BCUT2D eigenvalue weighted by molar-refractivity contribution is 0.0502. The number of carbonyl (C=O) groups is 1. The highest BCUT2D eigenvalue weighted by Crippen LogP contribution is 2.23. The van der Waals surface area contributed by atoms with Crippen LogP contribution in [0.1, 0.15) is 16.4 Å². The maximum Gasteiger partial charge on any atom is 0.254 e. The van der Waals surface area contributed by atoms with E-state index < -0.39 is 0 Å². The lowest BCUT2D eigenvalue weighted by Crippen LogP contribution is -2.50. The average molecular weight is 278 g/mol. The monoisotopic (exact) mass is 278 g/mol. The van der Waals surface area contributed by atoms with Crippen molar-refractivity contribution in [2.45, 2.75) is 6.04 Å². The number of amides is 1. The minimum Gasteiger partial charge on any atom is -0.334 e. The molecule has 1 saturated heterocycles. The lowest BCUT2D eigenvalue weighted by Gasteiger charge is -2.39. The molecule has 3 heterocycles. The van der Waals surface area contributed by atoms with Crippen LogP contribution >= 0.6 is 0 Å². The zero-order chi connectivity index (χ0) is 14.2. The fourth-order valence-electron chi connectivity index (χ4n) is 2.68. The Hall–Kier alpha value is -2.69. The molecule has 5 heteroatoms. The van der Waals surface area contributed by atoms with Crippen molar-refractivity contribution in [1.82, 2.24) is 19.7 Å². The molecule has 0 atom stereocenters. The molecule has 0 spiro atoms. The molecule has 4 rings (SSSR count). The zero-order valence-electron chi connectivity index (χ0n) is 11.4. The quantitative estimate of drug-likeness (QED) is 0.721. The van der Waals surface area contributed by atoms with Crippen molar-refractivity contribution in [3.8, 4) is 0 Å². The Morgan fingerprint density at radius 2 is 2.05 bits per heavy atom. The van der Waals surface area contributed by atoms with Crippen molar-refractivity contribution in [2.24, 2.45) is 0 Å². The number of benzene rings is 1. The van der Waals surface area contributed by atoms with E-state index in [1.807, 2.05) is 52.2 Å². The fourth-order valence-corrected chi connectivity index (χ4v) is 2.68. The van der Waals surface area contributed by atoms with Crippen LogP contribution in [0.4, 0.5) is 0 Å². The first kappa shape index (κ1) is 12.1. The molecule has 0 N–H and O–H groups in total. The van der Waals surface area contributed by atoms with Crippen molar-refractivity contribution in [2.75, 3.05) is 13.1 Å². The molecule has 1 amide bonds. The Bertz CT molecular complexity index is 791. The molecule has 1 aliphatic rings. The molecular weight excluding hydrogens is 264 g/mol. The van der Waals surface area contributed by atoms with Gasteiger partial charge in [-0.2, -0.15) is 5.10 Å². The van der Waals surface area contributed by atoms with Gasteiger partial charge in [-0.25, -0.2) is 0 Å². The number of hydrogen-bond donors (Lipinski definition) is 0. The molecule has 0 aliphatic carbocycles. The first-order chi connectivity index (χ1) is 10.3. The summed E-state index contributed by atoms with van der Waals surface area (Å²) >= 11 is 0. The number of nitrogens with zero attached hydrogens (tertiary/aromatic N) is 4. The molecule has 21 heavy (non-hydrogen) atoms. The van der Waals surface area contributed by atoms with Gasteiger partial charge in [0.2, 0.25) is 0 Å². The Balaban J connectivity index is 1.52. The minimum absolute atomic E-state index is 0.0733. The third kappa shape index (κ3) is 2.07. The van der Waals surface area contributed by atoms with Gasteiger partial charge in [0.1, 0.15) is 0 Å². The Labute approximate surface area is 121 Å². The second-order valence-electron chi connectivity index (χ2n) is 5.26. The molecule has 0 radical (unpaired) electrons. The molecular formula is C16H14N4O. The number of aromatic nitrogens is 3. The molecule has 2 aromatic heterocycles. The van der Waals surface area contributed by atoms with Crippen LogP contribution in [0.3, 0.4) is 0 Å². The van der Waals surface area contributed by atoms with Crippen LogP contribution in [0.5, 0.6) is 0 Å². The van der Waals surface area contributed by atoms with Gasteiger partial charge in [0.05, 0.1) is 11.6 Å². The van der Waals surface area contributed by atoms with Gasteiger partial charge in [-0.3, -0.25) is 14.5 Å². The Morgan fingerprint density at radius 3 is 2.86 bits per heavy atom. The third-order valence-corrected chi connectivity index (χ3v) is 3.90. The van der Waals surface area contributed by atoms with E-state index in [-0.39, 0.29) is 5.91 Å². The summed E-state index contributed by atoms with van der Waals surface area (Å²) < 4.78 is 1.91. The largest absolute Gasteiger partial charge is 0.334 e. The first-order valence-corrected chi connectivity index (χ1v) is 6.94. The molecule has 0 unspecified atom stereocenters. The van der Waals surface area contributed by atoms with Crippen molar-refractivity contribution in [3.05, 3.63) is 60.6 Å². The molecule has 3 aromatic rings. The molecule has 5 nitrogen and oxygen atoms in total. The molecule has 1 aliphatic heterocycles. The van der Waals surface area contributed by atoms with Crippen molar-refractivity contribution < 1.29 is 4.79 Å². The summed E-state index contributed by atoms with van der Waals surface area (Å²) in [5.41, 5.74) is 1.63. The van der Waals surface area contributed by atoms with Gasteiger partial charge >= 0.3 is 0 Å². The summed E-state index contributed by atoms with van der Waals surface area (Å²) in [6.45, 7) is 1.43. The highest BCUT2D eigenvalue weighted by atomic mass is 16.2. The van der Waals surface area contributed by atoms with Gasteiger partial charge in [0, 0.05) is 42.6 Å². The highest BCUT2D eigenvalue weighted by molar-refractivity contribution is 5.98. The standard InChI is InChI=1S/C16H14N4O/c21-16(19-10-14(11-19)20-8-2-7-18-20)13-4-5-15-12(9-13)3-1-6-17-15/h1-9,14H,10-11H2. The van der Waals surface area contributed by atoms with Gasteiger partial charge in [0.25, 0.3) is 5.91 Å². The second kappa shape index (κ2) is 4.70. The van der Waals surface area contributed by atoms with Crippen LogP contribution in [-0.4, -0.2) is 38.7 Å². The topological polar surface area (TPSA) is 51.0 Å². The van der Waals surface area contributed by atoms with E-state index in [4.69, 9.17) is 0 Å². The van der Waals surface area contributed by atoms with Crippen LogP contribution in [-0.2, 0) is 0 Å². The zero-order valence-corrected chi connectivity index (χ0v) is 11.4. The van der Waals surface area contributed by atoms with Gasteiger partial charge in [-0.15, -0.1) is 0 Å². The number of likely N-dealkylation sites (tertiary alicyclic amines) is 1. The number of pyridine rings is 1. The van der Waals surface area contributed by atoms with Gasteiger partial charge < -0.3 is 4.90 Å². The molecule has 1 fully saturated rings. The second-order valence-corrected chi connectivity index (χ2v) is 5.26. The summed E-state index contributed by atoms with van der Waals surface area (Å²) in [5, 5.41) is 5.21. The normalized spacial score (nSPS) is 15.1. The van der Waals surface area contributed by atoms with Crippen LogP contribution in [0.15, 0.2) is 55.0 Å². The number of fused-ring (bicyclic) bond motifs is 1. The molecule has 0 saturated carbocycles. The number of hydrogen-bond acceptors (Lipinski definition) is 3. The van der Waals surface area contributed by atoms with Crippen molar-refractivity contribution in [1.29, 1.82) is 0 Å². The van der Waals surface area contributed by atoms with Crippen molar-refractivity contribution in [3.63, 3.8) is 0 Å². The average Bonchev–Trinajstić information content (AvgIpc) is 2.99. The van der Waals surface area contributed by atoms with E-state index in [2.05, 4.69) is 10.1 Å². The summed E-state index contributed by atoms with van der Waals surface area (Å²) in [6.07, 6.45) is 5.46. The van der Waals surface area contributed by atoms with E-state index >= 15 is 0 Å². The lowest BCUT2D eigenvalue weighted by atomic mass is 10.1. The fraction of sp³-hybridized carbons (Fsp3) is 0.188. The van der Waals surface area contributed by atoms with Crippen LogP contribution < -0.4 is 0 Å². The minimum atomic E-state index is 0.0733. The predicted molar refractivity (Wildman–Crippen MR) is 78.9 cm³/mol. The van der Waals surface area contributed by atoms with Crippen molar-refractivity contribution >= 4 is 16.8 Å².